The first-order valence-corrected chi connectivity index (χ1v) is 13.0. The fourth-order valence-electron chi connectivity index (χ4n) is 5.08. The molecule has 2 aliphatic heterocycles. The third kappa shape index (κ3) is 7.06. The van der Waals surface area contributed by atoms with Crippen LogP contribution in [0.5, 0.6) is 5.75 Å². The molecule has 2 aliphatic rings. The molecule has 3 atom stereocenters. The number of pyridine rings is 1. The highest BCUT2D eigenvalue weighted by Gasteiger charge is 2.38. The third-order valence-electron chi connectivity index (χ3n) is 7.13. The topological polar surface area (TPSA) is 80.8 Å². The van der Waals surface area contributed by atoms with Crippen molar-refractivity contribution in [1.29, 1.82) is 0 Å². The average molecular weight is 576 g/mol. The summed E-state index contributed by atoms with van der Waals surface area (Å²) in [6, 6.07) is 8.80. The summed E-state index contributed by atoms with van der Waals surface area (Å²) in [4.78, 5) is 32.0. The molecule has 1 aromatic heterocycles. The number of halogens is 5. The highest BCUT2D eigenvalue weighted by Crippen LogP contribution is 2.33. The van der Waals surface area contributed by atoms with Crippen molar-refractivity contribution in [2.75, 3.05) is 18.4 Å². The van der Waals surface area contributed by atoms with Gasteiger partial charge in [0.2, 0.25) is 5.91 Å². The van der Waals surface area contributed by atoms with Crippen molar-refractivity contribution in [3.05, 3.63) is 77.5 Å². The van der Waals surface area contributed by atoms with Crippen LogP contribution in [-0.2, 0) is 16.0 Å². The lowest BCUT2D eigenvalue weighted by molar-refractivity contribution is -0.274. The summed E-state index contributed by atoms with van der Waals surface area (Å²) in [6.07, 6.45) is -2.10. The highest BCUT2D eigenvalue weighted by molar-refractivity contribution is 5.98. The van der Waals surface area contributed by atoms with Crippen molar-refractivity contribution in [3.8, 4) is 17.0 Å². The van der Waals surface area contributed by atoms with Gasteiger partial charge in [-0.05, 0) is 61.7 Å². The number of Topliss-reactive ketones (excluding diaryl/α,β-unsaturated/α-hetero) is 1. The number of aromatic nitrogens is 1. The van der Waals surface area contributed by atoms with E-state index in [9.17, 15) is 31.5 Å². The van der Waals surface area contributed by atoms with E-state index < -0.39 is 41.5 Å². The van der Waals surface area contributed by atoms with E-state index >= 15 is 0 Å². The smallest absolute Gasteiger partial charge is 0.404 e. The first kappa shape index (κ1) is 28.6. The second-order valence-corrected chi connectivity index (χ2v) is 10.1. The number of fused-ring (bicyclic) bond motifs is 2. The molecule has 1 amide bonds. The Morgan fingerprint density at radius 2 is 1.73 bits per heavy atom. The van der Waals surface area contributed by atoms with Gasteiger partial charge < -0.3 is 14.8 Å². The minimum atomic E-state index is -5.00. The van der Waals surface area contributed by atoms with E-state index in [0.29, 0.717) is 18.7 Å². The quantitative estimate of drug-likeness (QED) is 0.281. The van der Waals surface area contributed by atoms with Crippen LogP contribution >= 0.6 is 0 Å². The highest BCUT2D eigenvalue weighted by atomic mass is 19.4. The lowest BCUT2D eigenvalue weighted by atomic mass is 10.0. The summed E-state index contributed by atoms with van der Waals surface area (Å²) in [5.74, 6) is -3.07. The number of carbonyl (C=O) groups excluding carboxylic acids is 2. The zero-order valence-corrected chi connectivity index (χ0v) is 21.9. The number of alkyl halides is 3. The van der Waals surface area contributed by atoms with Crippen LogP contribution in [0, 0.1) is 11.6 Å². The second-order valence-electron chi connectivity index (χ2n) is 10.1. The summed E-state index contributed by atoms with van der Waals surface area (Å²) in [6.45, 7) is 2.77. The van der Waals surface area contributed by atoms with E-state index in [4.69, 9.17) is 4.74 Å². The van der Waals surface area contributed by atoms with Crippen LogP contribution in [0.2, 0.25) is 0 Å². The number of ether oxygens (including phenoxy) is 2. The Morgan fingerprint density at radius 3 is 2.34 bits per heavy atom. The van der Waals surface area contributed by atoms with Crippen molar-refractivity contribution in [2.24, 2.45) is 0 Å². The third-order valence-corrected chi connectivity index (χ3v) is 7.13. The molecule has 12 heteroatoms. The SMILES string of the molecule is CC(C(=O)Nc1cc(CC(=O)c2ccc(-c3cc(F)cc(F)c3)nc2)ccc1OC(F)(F)F)N1CC2CCC(C1)O2. The normalized spacial score (nSPS) is 19.6. The van der Waals surface area contributed by atoms with Gasteiger partial charge in [-0.15, -0.1) is 13.2 Å². The van der Waals surface area contributed by atoms with Gasteiger partial charge >= 0.3 is 6.36 Å². The molecule has 0 spiro atoms. The molecule has 0 saturated carbocycles. The number of hydrogen-bond donors (Lipinski definition) is 1. The van der Waals surface area contributed by atoms with Crippen LogP contribution in [-0.4, -0.2) is 59.3 Å². The van der Waals surface area contributed by atoms with Gasteiger partial charge in [0.15, 0.2) is 11.5 Å². The average Bonchev–Trinajstić information content (AvgIpc) is 3.25. The lowest BCUT2D eigenvalue weighted by Crippen LogP contribution is -2.51. The van der Waals surface area contributed by atoms with E-state index in [2.05, 4.69) is 15.0 Å². The molecule has 216 valence electrons. The first-order valence-electron chi connectivity index (χ1n) is 13.0. The van der Waals surface area contributed by atoms with Gasteiger partial charge in [0.1, 0.15) is 11.6 Å². The molecular weight excluding hydrogens is 549 g/mol. The molecule has 5 rings (SSSR count). The van der Waals surface area contributed by atoms with Crippen molar-refractivity contribution < 1.29 is 41.0 Å². The molecule has 3 heterocycles. The number of likely N-dealkylation sites (tertiary alicyclic amines) is 1. The number of carbonyl (C=O) groups is 2. The van der Waals surface area contributed by atoms with Gasteiger partial charge in [0, 0.05) is 42.9 Å². The fourth-order valence-corrected chi connectivity index (χ4v) is 5.08. The van der Waals surface area contributed by atoms with E-state index in [1.807, 2.05) is 4.90 Å². The zero-order chi connectivity index (χ0) is 29.3. The fraction of sp³-hybridized carbons (Fsp3) is 0.345. The number of hydrogen-bond acceptors (Lipinski definition) is 6. The molecule has 7 nitrogen and oxygen atoms in total. The molecule has 0 aliphatic carbocycles. The minimum Gasteiger partial charge on any atom is -0.404 e. The molecular formula is C29H26F5N3O4. The second kappa shape index (κ2) is 11.5. The molecule has 3 aromatic rings. The van der Waals surface area contributed by atoms with Crippen LogP contribution < -0.4 is 10.1 Å². The Labute approximate surface area is 232 Å². The Bertz CT molecular complexity index is 1420. The number of amides is 1. The Hall–Kier alpha value is -3.90. The van der Waals surface area contributed by atoms with Crippen molar-refractivity contribution >= 4 is 17.4 Å². The summed E-state index contributed by atoms with van der Waals surface area (Å²) in [5.41, 5.74) is 0.736. The summed E-state index contributed by atoms with van der Waals surface area (Å²) in [7, 11) is 0. The number of morpholine rings is 1. The maximum absolute atomic E-state index is 13.5. The zero-order valence-electron chi connectivity index (χ0n) is 21.9. The lowest BCUT2D eigenvalue weighted by Gasteiger charge is -2.35. The molecule has 1 N–H and O–H groups in total. The minimum absolute atomic E-state index is 0.0287. The first-order chi connectivity index (χ1) is 19.4. The molecule has 2 fully saturated rings. The maximum Gasteiger partial charge on any atom is 0.573 e. The van der Waals surface area contributed by atoms with Crippen LogP contribution in [0.25, 0.3) is 11.3 Å². The van der Waals surface area contributed by atoms with Crippen LogP contribution in [0.1, 0.15) is 35.7 Å². The molecule has 41 heavy (non-hydrogen) atoms. The Kier molecular flexibility index (Phi) is 8.05. The molecule has 3 unspecified atom stereocenters. The van der Waals surface area contributed by atoms with Crippen molar-refractivity contribution in [3.63, 3.8) is 0 Å². The predicted octanol–water partition coefficient (Wildman–Crippen LogP) is 5.54. The van der Waals surface area contributed by atoms with Gasteiger partial charge in [-0.2, -0.15) is 0 Å². The van der Waals surface area contributed by atoms with Crippen LogP contribution in [0.3, 0.4) is 0 Å². The molecule has 2 bridgehead atoms. The molecule has 2 aromatic carbocycles. The van der Waals surface area contributed by atoms with E-state index in [1.165, 1.54) is 30.5 Å². The van der Waals surface area contributed by atoms with Crippen molar-refractivity contribution in [2.45, 2.75) is 50.8 Å². The summed E-state index contributed by atoms with van der Waals surface area (Å²) < 4.78 is 76.2. The maximum atomic E-state index is 13.5. The largest absolute Gasteiger partial charge is 0.573 e. The van der Waals surface area contributed by atoms with E-state index in [-0.39, 0.29) is 41.1 Å². The van der Waals surface area contributed by atoms with Crippen molar-refractivity contribution in [1.82, 2.24) is 9.88 Å². The Morgan fingerprint density at radius 1 is 1.05 bits per heavy atom. The van der Waals surface area contributed by atoms with E-state index in [0.717, 1.165) is 37.1 Å². The number of anilines is 1. The predicted molar refractivity (Wildman–Crippen MR) is 138 cm³/mol. The van der Waals surface area contributed by atoms with Gasteiger partial charge in [0.05, 0.1) is 29.6 Å². The molecule has 0 radical (unpaired) electrons. The number of ketones is 1. The van der Waals surface area contributed by atoms with Crippen LogP contribution in [0.4, 0.5) is 27.6 Å². The van der Waals surface area contributed by atoms with Gasteiger partial charge in [-0.3, -0.25) is 19.5 Å². The van der Waals surface area contributed by atoms with Gasteiger partial charge in [0.25, 0.3) is 0 Å². The van der Waals surface area contributed by atoms with Gasteiger partial charge in [-0.25, -0.2) is 8.78 Å². The van der Waals surface area contributed by atoms with Gasteiger partial charge in [-0.1, -0.05) is 6.07 Å². The monoisotopic (exact) mass is 575 g/mol. The Balaban J connectivity index is 1.31. The summed E-state index contributed by atoms with van der Waals surface area (Å²) >= 11 is 0. The standard InChI is InChI=1S/C29H26F5N3O4/c1-16(37-14-22-4-5-23(15-37)40-22)28(39)36-25-8-17(2-7-27(25)41-29(32,33)34)9-26(38)18-3-6-24(35-13-18)19-10-20(30)12-21(31)11-19/h2-3,6-8,10-13,16,22-23H,4-5,9,14-15H2,1H3,(H,36,39). The number of nitrogens with one attached hydrogen (secondary N) is 1. The summed E-state index contributed by atoms with van der Waals surface area (Å²) in [5, 5.41) is 2.54. The number of rotatable bonds is 8. The molecule has 2 saturated heterocycles. The van der Waals surface area contributed by atoms with E-state index in [1.54, 1.807) is 6.92 Å². The number of nitrogens with zero attached hydrogens (tertiary/aromatic N) is 2. The van der Waals surface area contributed by atoms with Crippen LogP contribution in [0.15, 0.2) is 54.7 Å². The number of benzene rings is 2.